The Morgan fingerprint density at radius 2 is 2.07 bits per heavy atom. The van der Waals surface area contributed by atoms with Gasteiger partial charge in [0.15, 0.2) is 0 Å². The van der Waals surface area contributed by atoms with E-state index in [1.165, 1.54) is 0 Å². The Hall–Kier alpha value is -0.610. The molecule has 0 atom stereocenters. The van der Waals surface area contributed by atoms with E-state index in [1.807, 2.05) is 13.8 Å². The number of amides is 1. The van der Waals surface area contributed by atoms with Crippen LogP contribution in [0.3, 0.4) is 0 Å². The van der Waals surface area contributed by atoms with Gasteiger partial charge in [0.05, 0.1) is 12.7 Å². The van der Waals surface area contributed by atoms with Crippen LogP contribution in [0.25, 0.3) is 0 Å². The van der Waals surface area contributed by atoms with Crippen molar-refractivity contribution in [1.29, 1.82) is 0 Å². The molecule has 14 heavy (non-hydrogen) atoms. The summed E-state index contributed by atoms with van der Waals surface area (Å²) in [7, 11) is 1.66. The third-order valence-electron chi connectivity index (χ3n) is 1.77. The maximum absolute atomic E-state index is 10.8. The number of hydrogen-bond donors (Lipinski definition) is 2. The van der Waals surface area contributed by atoms with Gasteiger partial charge in [-0.1, -0.05) is 0 Å². The van der Waals surface area contributed by atoms with Crippen LogP contribution in [0.2, 0.25) is 0 Å². The lowest BCUT2D eigenvalue weighted by molar-refractivity contribution is -0.120. The molecule has 0 spiro atoms. The number of hydrogen-bond acceptors (Lipinski definition) is 3. The fourth-order valence-electron chi connectivity index (χ4n) is 0.991. The summed E-state index contributed by atoms with van der Waals surface area (Å²) >= 11 is 0. The average molecular weight is 202 g/mol. The molecule has 4 heteroatoms. The van der Waals surface area contributed by atoms with Gasteiger partial charge in [-0.3, -0.25) is 4.79 Å². The number of nitrogens with one attached hydrogen (secondary N) is 2. The molecule has 84 valence electrons. The van der Waals surface area contributed by atoms with Gasteiger partial charge in [-0.25, -0.2) is 0 Å². The molecule has 0 fully saturated rings. The summed E-state index contributed by atoms with van der Waals surface area (Å²) in [6.07, 6.45) is 1.76. The SMILES string of the molecule is CNC(=O)CCCNCCOC(C)C. The van der Waals surface area contributed by atoms with Crippen molar-refractivity contribution >= 4 is 5.91 Å². The molecule has 1 amide bonds. The Balaban J connectivity index is 3.03. The summed E-state index contributed by atoms with van der Waals surface area (Å²) < 4.78 is 5.35. The minimum Gasteiger partial charge on any atom is -0.377 e. The summed E-state index contributed by atoms with van der Waals surface area (Å²) in [4.78, 5) is 10.8. The summed E-state index contributed by atoms with van der Waals surface area (Å²) in [6.45, 7) is 6.50. The van der Waals surface area contributed by atoms with Gasteiger partial charge in [0.1, 0.15) is 0 Å². The molecule has 0 saturated heterocycles. The van der Waals surface area contributed by atoms with Crippen LogP contribution in [0, 0.1) is 0 Å². The Labute approximate surface area is 86.4 Å². The highest BCUT2D eigenvalue weighted by molar-refractivity contribution is 5.75. The van der Waals surface area contributed by atoms with Crippen LogP contribution in [0.5, 0.6) is 0 Å². The van der Waals surface area contributed by atoms with E-state index in [4.69, 9.17) is 4.74 Å². The second-order valence-electron chi connectivity index (χ2n) is 3.45. The van der Waals surface area contributed by atoms with E-state index in [1.54, 1.807) is 7.05 Å². The normalized spacial score (nSPS) is 10.6. The van der Waals surface area contributed by atoms with Gasteiger partial charge in [0.2, 0.25) is 5.91 Å². The molecular formula is C10H22N2O2. The zero-order valence-electron chi connectivity index (χ0n) is 9.43. The van der Waals surface area contributed by atoms with Gasteiger partial charge < -0.3 is 15.4 Å². The summed E-state index contributed by atoms with van der Waals surface area (Å²) in [5.74, 6) is 0.102. The Bertz CT molecular complexity index is 149. The van der Waals surface area contributed by atoms with Crippen LogP contribution in [0.15, 0.2) is 0 Å². The van der Waals surface area contributed by atoms with Crippen LogP contribution in [-0.2, 0) is 9.53 Å². The van der Waals surface area contributed by atoms with Crippen molar-refractivity contribution in [2.45, 2.75) is 32.8 Å². The predicted molar refractivity (Wildman–Crippen MR) is 57.3 cm³/mol. The fraction of sp³-hybridized carbons (Fsp3) is 0.900. The molecule has 0 rings (SSSR count). The van der Waals surface area contributed by atoms with Crippen molar-refractivity contribution in [2.24, 2.45) is 0 Å². The second kappa shape index (κ2) is 8.97. The fourth-order valence-corrected chi connectivity index (χ4v) is 0.991. The van der Waals surface area contributed by atoms with Gasteiger partial charge in [-0.2, -0.15) is 0 Å². The highest BCUT2D eigenvalue weighted by Crippen LogP contribution is 1.87. The summed E-state index contributed by atoms with van der Waals surface area (Å²) in [6, 6.07) is 0. The first-order valence-electron chi connectivity index (χ1n) is 5.19. The van der Waals surface area contributed by atoms with Crippen LogP contribution in [-0.4, -0.2) is 38.8 Å². The molecule has 0 unspecified atom stereocenters. The number of carbonyl (C=O) groups is 1. The van der Waals surface area contributed by atoms with E-state index in [9.17, 15) is 4.79 Å². The molecular weight excluding hydrogens is 180 g/mol. The van der Waals surface area contributed by atoms with Crippen LogP contribution >= 0.6 is 0 Å². The molecule has 0 bridgehead atoms. The quantitative estimate of drug-likeness (QED) is 0.564. The van der Waals surface area contributed by atoms with Crippen molar-refractivity contribution in [3.05, 3.63) is 0 Å². The molecule has 0 heterocycles. The van der Waals surface area contributed by atoms with Gasteiger partial charge in [0, 0.05) is 20.0 Å². The van der Waals surface area contributed by atoms with E-state index < -0.39 is 0 Å². The Kier molecular flexibility index (Phi) is 8.57. The zero-order valence-corrected chi connectivity index (χ0v) is 9.43. The maximum atomic E-state index is 10.8. The minimum absolute atomic E-state index is 0.102. The lowest BCUT2D eigenvalue weighted by Crippen LogP contribution is -2.24. The smallest absolute Gasteiger partial charge is 0.219 e. The molecule has 0 aromatic rings. The molecule has 0 radical (unpaired) electrons. The first-order chi connectivity index (χ1) is 6.66. The van der Waals surface area contributed by atoms with E-state index in [0.717, 1.165) is 26.1 Å². The third kappa shape index (κ3) is 9.48. The first kappa shape index (κ1) is 13.4. The van der Waals surface area contributed by atoms with Crippen LogP contribution in [0.1, 0.15) is 26.7 Å². The van der Waals surface area contributed by atoms with E-state index in [0.29, 0.717) is 12.5 Å². The van der Waals surface area contributed by atoms with Crippen molar-refractivity contribution in [3.8, 4) is 0 Å². The largest absolute Gasteiger partial charge is 0.377 e. The van der Waals surface area contributed by atoms with Gasteiger partial charge >= 0.3 is 0 Å². The summed E-state index contributed by atoms with van der Waals surface area (Å²) in [5.41, 5.74) is 0. The van der Waals surface area contributed by atoms with E-state index in [2.05, 4.69) is 10.6 Å². The molecule has 0 aliphatic rings. The molecule has 0 saturated carbocycles. The monoisotopic (exact) mass is 202 g/mol. The lowest BCUT2D eigenvalue weighted by Gasteiger charge is -2.08. The van der Waals surface area contributed by atoms with E-state index in [-0.39, 0.29) is 5.91 Å². The number of rotatable bonds is 8. The standard InChI is InChI=1S/C10H22N2O2/c1-9(2)14-8-7-12-6-4-5-10(13)11-3/h9,12H,4-8H2,1-3H3,(H,11,13). The van der Waals surface area contributed by atoms with E-state index >= 15 is 0 Å². The first-order valence-corrected chi connectivity index (χ1v) is 5.19. The third-order valence-corrected chi connectivity index (χ3v) is 1.77. The number of carbonyl (C=O) groups excluding carboxylic acids is 1. The van der Waals surface area contributed by atoms with Gasteiger partial charge in [-0.05, 0) is 26.8 Å². The highest BCUT2D eigenvalue weighted by Gasteiger charge is 1.96. The van der Waals surface area contributed by atoms with Gasteiger partial charge in [-0.15, -0.1) is 0 Å². The van der Waals surface area contributed by atoms with Crippen molar-refractivity contribution in [3.63, 3.8) is 0 Å². The van der Waals surface area contributed by atoms with Gasteiger partial charge in [0.25, 0.3) is 0 Å². The Morgan fingerprint density at radius 1 is 1.36 bits per heavy atom. The Morgan fingerprint density at radius 3 is 2.64 bits per heavy atom. The number of ether oxygens (including phenoxy) is 1. The topological polar surface area (TPSA) is 50.4 Å². The van der Waals surface area contributed by atoms with Crippen molar-refractivity contribution in [2.75, 3.05) is 26.7 Å². The molecule has 0 aromatic heterocycles. The van der Waals surface area contributed by atoms with Crippen molar-refractivity contribution in [1.82, 2.24) is 10.6 Å². The lowest BCUT2D eigenvalue weighted by atomic mass is 10.3. The molecule has 0 aromatic carbocycles. The molecule has 0 aliphatic heterocycles. The zero-order chi connectivity index (χ0) is 10.8. The minimum atomic E-state index is 0.102. The molecule has 2 N–H and O–H groups in total. The molecule has 4 nitrogen and oxygen atoms in total. The highest BCUT2D eigenvalue weighted by atomic mass is 16.5. The summed E-state index contributed by atoms with van der Waals surface area (Å²) in [5, 5.41) is 5.81. The predicted octanol–water partition coefficient (Wildman–Crippen LogP) is 0.527. The second-order valence-corrected chi connectivity index (χ2v) is 3.45. The average Bonchev–Trinajstić information content (AvgIpc) is 2.15. The molecule has 0 aliphatic carbocycles. The van der Waals surface area contributed by atoms with Crippen LogP contribution < -0.4 is 10.6 Å². The van der Waals surface area contributed by atoms with Crippen LogP contribution in [0.4, 0.5) is 0 Å². The maximum Gasteiger partial charge on any atom is 0.219 e. The van der Waals surface area contributed by atoms with Crippen molar-refractivity contribution < 1.29 is 9.53 Å².